The van der Waals surface area contributed by atoms with Crippen LogP contribution in [0, 0.1) is 5.95 Å². The van der Waals surface area contributed by atoms with Crippen molar-refractivity contribution in [2.45, 2.75) is 110 Å². The van der Waals surface area contributed by atoms with E-state index in [0.717, 1.165) is 74.9 Å². The molecule has 12 aromatic heterocycles. The van der Waals surface area contributed by atoms with Crippen LogP contribution in [0.1, 0.15) is 11.4 Å². The highest BCUT2D eigenvalue weighted by molar-refractivity contribution is 6.76. The minimum Gasteiger partial charge on any atom is -0.384 e. The van der Waals surface area contributed by atoms with Crippen LogP contribution in [0.4, 0.5) is 91.9 Å². The molecule has 2 aliphatic rings. The summed E-state index contributed by atoms with van der Waals surface area (Å²) in [5, 5.41) is 20.0. The Morgan fingerprint density at radius 2 is 0.831 bits per heavy atom. The summed E-state index contributed by atoms with van der Waals surface area (Å²) in [5.74, 6) is 1.13. The number of piperazine rings is 2. The molecule has 130 heavy (non-hydrogen) atoms. The van der Waals surface area contributed by atoms with E-state index in [1.807, 2.05) is 29.1 Å². The molecule has 2 aliphatic heterocycles. The number of anilines is 9. The van der Waals surface area contributed by atoms with Crippen LogP contribution in [-0.2, 0) is 61.1 Å². The Bertz CT molecular complexity index is 5700. The summed E-state index contributed by atoms with van der Waals surface area (Å²) >= 11 is 15.1. The zero-order chi connectivity index (χ0) is 94.5. The van der Waals surface area contributed by atoms with Gasteiger partial charge >= 0.3 is 12.4 Å². The molecule has 14 rings (SSSR count). The summed E-state index contributed by atoms with van der Waals surface area (Å²) in [6.07, 6.45) is 0.939. The Labute approximate surface area is 763 Å². The Kier molecular flexibility index (Phi) is 38.3. The second kappa shape index (κ2) is 48.4. The summed E-state index contributed by atoms with van der Waals surface area (Å²) in [5.41, 5.74) is 7.45. The molecule has 0 radical (unpaired) electrons. The summed E-state index contributed by atoms with van der Waals surface area (Å²) in [7, 11) is 0.481. The number of halogens is 12. The second-order valence-electron chi connectivity index (χ2n) is 33.5. The molecule has 0 unspecified atom stereocenters. The number of fused-ring (bicyclic) bond motifs is 3. The maximum Gasteiger partial charge on any atom is 0.433 e. The van der Waals surface area contributed by atoms with Crippen molar-refractivity contribution >= 4 is 161 Å². The summed E-state index contributed by atoms with van der Waals surface area (Å²) in [6, 6.07) is 30.5. The Morgan fingerprint density at radius 3 is 1.18 bits per heavy atom. The number of carbonyl (C=O) groups is 3. The predicted molar refractivity (Wildman–Crippen MR) is 498 cm³/mol. The number of nitrogens with zero attached hydrogens (tertiary/aromatic N) is 18. The number of likely N-dealkylation sites (N-methyl/N-ethyl adjacent to an activating group) is 2. The van der Waals surface area contributed by atoms with Gasteiger partial charge in [-0.3, -0.25) is 19.3 Å². The quantitative estimate of drug-likeness (QED) is 0.00549. The van der Waals surface area contributed by atoms with Gasteiger partial charge in [0.2, 0.25) is 23.0 Å². The van der Waals surface area contributed by atoms with Crippen molar-refractivity contribution in [2.24, 2.45) is 0 Å². The number of nitrogens with one attached hydrogen (secondary N) is 6. The van der Waals surface area contributed by atoms with E-state index in [9.17, 15) is 45.1 Å². The van der Waals surface area contributed by atoms with E-state index >= 15 is 0 Å². The number of amides is 2. The average molecular weight is 1920 g/mol. The van der Waals surface area contributed by atoms with Gasteiger partial charge in [-0.25, -0.2) is 59.8 Å². The lowest BCUT2D eigenvalue weighted by Crippen LogP contribution is -2.47. The van der Waals surface area contributed by atoms with Crippen molar-refractivity contribution < 1.29 is 68.5 Å². The van der Waals surface area contributed by atoms with Gasteiger partial charge in [0.1, 0.15) is 106 Å². The number of pyridine rings is 6. The lowest BCUT2D eigenvalue weighted by molar-refractivity contribution is -0.141. The molecule has 46 heteroatoms. The molecule has 2 fully saturated rings. The van der Waals surface area contributed by atoms with Crippen molar-refractivity contribution in [3.05, 3.63) is 164 Å². The Morgan fingerprint density at radius 1 is 0.469 bits per heavy atom. The lowest BCUT2D eigenvalue weighted by atomic mass is 10.2. The highest BCUT2D eigenvalue weighted by Crippen LogP contribution is 2.36. The molecule has 0 atom stereocenters. The van der Waals surface area contributed by atoms with Gasteiger partial charge in [-0.15, -0.1) is 23.2 Å². The van der Waals surface area contributed by atoms with E-state index in [4.69, 9.17) is 73.9 Å². The van der Waals surface area contributed by atoms with Crippen LogP contribution >= 0.6 is 34.8 Å². The maximum atomic E-state index is 14.0. The van der Waals surface area contributed by atoms with Crippen molar-refractivity contribution in [2.75, 3.05) is 137 Å². The van der Waals surface area contributed by atoms with Gasteiger partial charge in [0.05, 0.1) is 28.6 Å². The number of ether oxygens (including phenoxy) is 3. The molecule has 0 aliphatic carbocycles. The number of nitrogen functional groups attached to an aromatic ring is 1. The van der Waals surface area contributed by atoms with Crippen LogP contribution in [0.25, 0.3) is 67.7 Å². The van der Waals surface area contributed by atoms with E-state index < -0.39 is 65.1 Å². The van der Waals surface area contributed by atoms with Crippen LogP contribution in [0.15, 0.2) is 146 Å². The monoisotopic (exact) mass is 1920 g/mol. The number of carbonyl (C=O) groups excluding carboxylic acids is 3. The first-order valence-electron chi connectivity index (χ1n) is 41.1. The molecule has 8 N–H and O–H groups in total. The van der Waals surface area contributed by atoms with Gasteiger partial charge in [0.15, 0.2) is 17.5 Å². The number of rotatable bonds is 30. The van der Waals surface area contributed by atoms with Gasteiger partial charge in [0, 0.05) is 178 Å². The highest BCUT2D eigenvalue weighted by atomic mass is 35.5. The van der Waals surface area contributed by atoms with E-state index in [2.05, 4.69) is 169 Å². The Balaban J connectivity index is 0.000000204. The summed E-state index contributed by atoms with van der Waals surface area (Å²) in [6.45, 7) is 31.8. The van der Waals surface area contributed by atoms with Crippen molar-refractivity contribution in [1.82, 2.24) is 93.5 Å². The fourth-order valence-corrected chi connectivity index (χ4v) is 14.5. The molecule has 0 spiro atoms. The van der Waals surface area contributed by atoms with E-state index in [0.29, 0.717) is 113 Å². The summed E-state index contributed by atoms with van der Waals surface area (Å²) < 4.78 is 133. The smallest absolute Gasteiger partial charge is 0.384 e. The maximum absolute atomic E-state index is 14.0. The number of aromatic nitrogens is 15. The van der Waals surface area contributed by atoms with Crippen LogP contribution in [0.2, 0.25) is 77.1 Å². The average Bonchev–Trinajstić information content (AvgIpc) is 1.63. The molecule has 12 aromatic rings. The van der Waals surface area contributed by atoms with E-state index in [1.165, 1.54) is 49.6 Å². The van der Waals surface area contributed by atoms with Crippen LogP contribution in [0.5, 0.6) is 0 Å². The van der Waals surface area contributed by atoms with Crippen molar-refractivity contribution in [3.63, 3.8) is 0 Å². The third-order valence-corrected chi connectivity index (χ3v) is 25.0. The Hall–Kier alpha value is -10.8. The van der Waals surface area contributed by atoms with Gasteiger partial charge in [-0.1, -0.05) is 77.1 Å². The van der Waals surface area contributed by atoms with Gasteiger partial charge in [-0.05, 0) is 117 Å². The number of hydrogen-bond acceptors (Lipinski definition) is 26. The highest BCUT2D eigenvalue weighted by Gasteiger charge is 2.35. The number of hydrogen-bond donors (Lipinski definition) is 7. The van der Waals surface area contributed by atoms with Gasteiger partial charge in [0.25, 0.3) is 0 Å². The molecule has 31 nitrogen and oxygen atoms in total. The standard InChI is InChI=1S/C29H38FN9O2Si.C25H27ClF3N7O2Si.C23H26F3N7OSi.C5H12N2.C2H2Cl2O.F2/c1-37-12-14-38(15-13-37)19-26(40)34-25-18-21(8-10-31-25)32-27-22-9-11-39(20-41-16-17-42(2,3)4)29(22)36-28(35-27)23-6-5-7-24(30)33-23;1-39(2,3)12-11-38-15-36-10-8-17-22(31-16-7-9-30-20(13-16)33-21(37)14-26)34-23(35-24(17)36)18-5-4-6-19(32-18)25(27,28)29;1-35(2,3)12-11-34-14-33-10-8-16-20(29-15-7-9-28-19(27)13-15)31-21(32-22(16)33)17-5-4-6-18(30-17)23(24,25)26;1-7-4-2-6-3-5-7;3-1-2(4)5;1-2/h5-11,18H,12-17,19-20H2,1-4H3,(H2,31,32,34,35,36,40);4-10,13H,11-12,14-15H2,1-3H3,(H2,30,31,33,34,35,37);4-10,13H,11-12,14H2,1-3H3,(H3,27,28,29,31,32);6H,2-5H2,1H3;1H2;. The van der Waals surface area contributed by atoms with Gasteiger partial charge < -0.3 is 75.3 Å². The molecule has 2 amide bonds. The molecule has 698 valence electrons. The fraction of sp³-hybridized carbons (Fsp3) is 0.393. The molecule has 2 saturated heterocycles. The van der Waals surface area contributed by atoms with Crippen LogP contribution < -0.4 is 37.6 Å². The number of nitrogens with two attached hydrogens (primary N) is 1. The summed E-state index contributed by atoms with van der Waals surface area (Å²) in [4.78, 5) is 92.0. The zero-order valence-electron chi connectivity index (χ0n) is 73.6. The normalized spacial score (nSPS) is 13.4. The third-order valence-electron chi connectivity index (χ3n) is 19.2. The molecule has 0 bridgehead atoms. The minimum atomic E-state index is -4.62. The first-order valence-corrected chi connectivity index (χ1v) is 53.6. The predicted octanol–water partition coefficient (Wildman–Crippen LogP) is 17.3. The molecular weight excluding hydrogens is 1820 g/mol. The molecule has 0 aromatic carbocycles. The fourth-order valence-electron chi connectivity index (χ4n) is 12.2. The first-order chi connectivity index (χ1) is 61.7. The molecular formula is C84H105Cl3F9N25O6Si3. The largest absolute Gasteiger partial charge is 0.433 e. The van der Waals surface area contributed by atoms with Gasteiger partial charge in [-0.2, -0.15) is 30.7 Å². The SMILES string of the molecule is CN1CCN(CC(=O)Nc2cc(Nc3nc(-c4cccc(F)n4)nc4c3ccn4COCC[Si](C)(C)C)ccn2)CC1.CN1CCNCC1.C[Si](C)(C)CCOCn1ccc2c(Nc3ccnc(N)c3)nc(-c3cccc(C(F)(F)F)n3)nc21.C[Si](C)(C)CCOCn1ccc2c(Nc3ccnc(NC(=O)CCl)c3)nc(-c3cccc(C(F)(F)F)n3)nc21.FF.O=C(Cl)CCl. The van der Waals surface area contributed by atoms with Crippen LogP contribution in [0.3, 0.4) is 0 Å². The lowest BCUT2D eigenvalue weighted by Gasteiger charge is -2.31. The topological polar surface area (TPSA) is 356 Å². The van der Waals surface area contributed by atoms with E-state index in [-0.39, 0.29) is 65.8 Å². The van der Waals surface area contributed by atoms with Crippen molar-refractivity contribution in [3.8, 4) is 34.6 Å². The first kappa shape index (κ1) is 103. The second-order valence-corrected chi connectivity index (χ2v) is 51.3. The minimum absolute atomic E-state index is 0.00266. The zero-order valence-corrected chi connectivity index (χ0v) is 78.9. The third kappa shape index (κ3) is 33.2. The van der Waals surface area contributed by atoms with E-state index in [1.54, 1.807) is 82.3 Å². The molecule has 14 heterocycles. The number of alkyl halides is 8. The van der Waals surface area contributed by atoms with Crippen molar-refractivity contribution in [1.29, 1.82) is 0 Å². The van der Waals surface area contributed by atoms with Crippen LogP contribution in [-0.4, -0.2) is 234 Å². The molecule has 0 saturated carbocycles.